The van der Waals surface area contributed by atoms with Crippen LogP contribution in [0, 0.1) is 12.8 Å². The van der Waals surface area contributed by atoms with Gasteiger partial charge in [0, 0.05) is 43.1 Å². The molecule has 0 bridgehead atoms. The van der Waals surface area contributed by atoms with Crippen molar-refractivity contribution in [1.82, 2.24) is 19.7 Å². The monoisotopic (exact) mass is 328 g/mol. The standard InChI is InChI=1S/C19H28N4O/c1-5-14(6-2)19(24)23-11-7-8-15(12-23)17-10-9-16-13(3)21-22(4)18(16)20-17/h9-10,14-15H,5-8,11-12H2,1-4H3/t15-/m1/s1. The molecule has 1 atom stereocenters. The number of aryl methyl sites for hydroxylation is 2. The Labute approximate surface area is 144 Å². The van der Waals surface area contributed by atoms with E-state index in [1.807, 2.05) is 18.7 Å². The van der Waals surface area contributed by atoms with Gasteiger partial charge in [-0.3, -0.25) is 9.48 Å². The van der Waals surface area contributed by atoms with Gasteiger partial charge in [0.2, 0.25) is 5.91 Å². The van der Waals surface area contributed by atoms with Crippen molar-refractivity contribution < 1.29 is 4.79 Å². The second-order valence-electron chi connectivity index (χ2n) is 6.95. The van der Waals surface area contributed by atoms with Crippen LogP contribution in [0.5, 0.6) is 0 Å². The largest absolute Gasteiger partial charge is 0.342 e. The molecule has 0 saturated carbocycles. The van der Waals surface area contributed by atoms with E-state index < -0.39 is 0 Å². The lowest BCUT2D eigenvalue weighted by molar-refractivity contribution is -0.137. The van der Waals surface area contributed by atoms with Gasteiger partial charge in [0.15, 0.2) is 5.65 Å². The molecule has 1 fully saturated rings. The summed E-state index contributed by atoms with van der Waals surface area (Å²) < 4.78 is 1.85. The van der Waals surface area contributed by atoms with E-state index in [1.54, 1.807) is 0 Å². The lowest BCUT2D eigenvalue weighted by Gasteiger charge is -2.34. The first kappa shape index (κ1) is 16.9. The Morgan fingerprint density at radius 3 is 2.79 bits per heavy atom. The van der Waals surface area contributed by atoms with Gasteiger partial charge in [-0.2, -0.15) is 5.10 Å². The van der Waals surface area contributed by atoms with E-state index in [1.165, 1.54) is 0 Å². The molecule has 1 saturated heterocycles. The minimum atomic E-state index is 0.166. The summed E-state index contributed by atoms with van der Waals surface area (Å²) >= 11 is 0. The topological polar surface area (TPSA) is 51.0 Å². The molecule has 3 rings (SSSR count). The van der Waals surface area contributed by atoms with Gasteiger partial charge in [0.25, 0.3) is 0 Å². The van der Waals surface area contributed by atoms with Crippen LogP contribution in [-0.4, -0.2) is 38.7 Å². The van der Waals surface area contributed by atoms with Crippen molar-refractivity contribution in [2.75, 3.05) is 13.1 Å². The molecule has 0 aliphatic carbocycles. The van der Waals surface area contributed by atoms with Crippen LogP contribution in [-0.2, 0) is 11.8 Å². The molecule has 1 aliphatic heterocycles. The van der Waals surface area contributed by atoms with Crippen molar-refractivity contribution >= 4 is 16.9 Å². The highest BCUT2D eigenvalue weighted by Gasteiger charge is 2.28. The average molecular weight is 328 g/mol. The van der Waals surface area contributed by atoms with E-state index in [0.29, 0.717) is 11.8 Å². The molecule has 0 N–H and O–H groups in total. The number of likely N-dealkylation sites (tertiary alicyclic amines) is 1. The number of nitrogens with zero attached hydrogens (tertiary/aromatic N) is 4. The normalized spacial score (nSPS) is 18.5. The number of fused-ring (bicyclic) bond motifs is 1. The fourth-order valence-corrected chi connectivity index (χ4v) is 3.86. The zero-order valence-corrected chi connectivity index (χ0v) is 15.2. The quantitative estimate of drug-likeness (QED) is 0.864. The van der Waals surface area contributed by atoms with Crippen molar-refractivity contribution in [2.24, 2.45) is 13.0 Å². The molecule has 3 heterocycles. The van der Waals surface area contributed by atoms with Crippen molar-refractivity contribution in [1.29, 1.82) is 0 Å². The van der Waals surface area contributed by atoms with E-state index in [0.717, 1.165) is 61.2 Å². The summed E-state index contributed by atoms with van der Waals surface area (Å²) in [5.41, 5.74) is 3.04. The third-order valence-electron chi connectivity index (χ3n) is 5.38. The zero-order valence-electron chi connectivity index (χ0n) is 15.2. The van der Waals surface area contributed by atoms with Crippen LogP contribution >= 0.6 is 0 Å². The minimum Gasteiger partial charge on any atom is -0.342 e. The maximum absolute atomic E-state index is 12.7. The lowest BCUT2D eigenvalue weighted by Crippen LogP contribution is -2.42. The number of carbonyl (C=O) groups is 1. The molecule has 5 heteroatoms. The Kier molecular flexibility index (Phi) is 4.88. The number of hydrogen-bond donors (Lipinski definition) is 0. The fourth-order valence-electron chi connectivity index (χ4n) is 3.86. The maximum atomic E-state index is 12.7. The van der Waals surface area contributed by atoms with Crippen LogP contribution in [0.3, 0.4) is 0 Å². The molecule has 2 aromatic heterocycles. The molecule has 0 spiro atoms. The number of hydrogen-bond acceptors (Lipinski definition) is 3. The number of pyridine rings is 1. The third-order valence-corrected chi connectivity index (χ3v) is 5.38. The van der Waals surface area contributed by atoms with Gasteiger partial charge >= 0.3 is 0 Å². The van der Waals surface area contributed by atoms with E-state index in [4.69, 9.17) is 4.98 Å². The van der Waals surface area contributed by atoms with Crippen LogP contribution in [0.15, 0.2) is 12.1 Å². The van der Waals surface area contributed by atoms with Gasteiger partial charge in [-0.05, 0) is 44.7 Å². The van der Waals surface area contributed by atoms with E-state index in [2.05, 4.69) is 36.0 Å². The van der Waals surface area contributed by atoms with Crippen molar-refractivity contribution in [3.8, 4) is 0 Å². The third kappa shape index (κ3) is 3.04. The van der Waals surface area contributed by atoms with Crippen molar-refractivity contribution in [2.45, 2.75) is 52.4 Å². The predicted molar refractivity (Wildman–Crippen MR) is 95.9 cm³/mol. The van der Waals surface area contributed by atoms with Crippen LogP contribution in [0.25, 0.3) is 11.0 Å². The van der Waals surface area contributed by atoms with Crippen molar-refractivity contribution in [3.05, 3.63) is 23.5 Å². The molecule has 5 nitrogen and oxygen atoms in total. The Morgan fingerprint density at radius 1 is 1.33 bits per heavy atom. The van der Waals surface area contributed by atoms with Crippen molar-refractivity contribution in [3.63, 3.8) is 0 Å². The highest BCUT2D eigenvalue weighted by atomic mass is 16.2. The number of carbonyl (C=O) groups excluding carboxylic acids is 1. The minimum absolute atomic E-state index is 0.166. The first-order valence-corrected chi connectivity index (χ1v) is 9.14. The Morgan fingerprint density at radius 2 is 2.08 bits per heavy atom. The second-order valence-corrected chi connectivity index (χ2v) is 6.95. The van der Waals surface area contributed by atoms with E-state index in [-0.39, 0.29) is 5.92 Å². The highest BCUT2D eigenvalue weighted by molar-refractivity contribution is 5.79. The summed E-state index contributed by atoms with van der Waals surface area (Å²) in [6, 6.07) is 4.24. The number of amides is 1. The Hall–Kier alpha value is -1.91. The average Bonchev–Trinajstić information content (AvgIpc) is 2.90. The lowest BCUT2D eigenvalue weighted by atomic mass is 9.92. The SMILES string of the molecule is CCC(CC)C(=O)N1CCC[C@@H](c2ccc3c(C)nn(C)c3n2)C1. The molecular formula is C19H28N4O. The summed E-state index contributed by atoms with van der Waals surface area (Å²) in [5.74, 6) is 0.817. The number of aromatic nitrogens is 3. The van der Waals surface area contributed by atoms with E-state index >= 15 is 0 Å². The molecule has 0 radical (unpaired) electrons. The first-order valence-electron chi connectivity index (χ1n) is 9.14. The van der Waals surface area contributed by atoms with Crippen LogP contribution in [0.4, 0.5) is 0 Å². The Balaban J connectivity index is 1.82. The van der Waals surface area contributed by atoms with Gasteiger partial charge in [-0.15, -0.1) is 0 Å². The van der Waals surface area contributed by atoms with Crippen LogP contribution < -0.4 is 0 Å². The molecule has 0 unspecified atom stereocenters. The molecular weight excluding hydrogens is 300 g/mol. The van der Waals surface area contributed by atoms with Gasteiger partial charge in [0.05, 0.1) is 5.69 Å². The molecule has 0 aromatic carbocycles. The number of rotatable bonds is 4. The summed E-state index contributed by atoms with van der Waals surface area (Å²) in [4.78, 5) is 19.6. The molecule has 2 aromatic rings. The van der Waals surface area contributed by atoms with E-state index in [9.17, 15) is 4.79 Å². The van der Waals surface area contributed by atoms with Crippen LogP contribution in [0.1, 0.15) is 56.8 Å². The second kappa shape index (κ2) is 6.91. The van der Waals surface area contributed by atoms with Gasteiger partial charge in [-0.1, -0.05) is 13.8 Å². The summed E-state index contributed by atoms with van der Waals surface area (Å²) in [6.07, 6.45) is 4.01. The highest BCUT2D eigenvalue weighted by Crippen LogP contribution is 2.29. The molecule has 130 valence electrons. The molecule has 24 heavy (non-hydrogen) atoms. The predicted octanol–water partition coefficient (Wildman–Crippen LogP) is 3.42. The van der Waals surface area contributed by atoms with Gasteiger partial charge in [-0.25, -0.2) is 4.98 Å². The molecule has 1 amide bonds. The smallest absolute Gasteiger partial charge is 0.225 e. The number of piperidine rings is 1. The van der Waals surface area contributed by atoms with Gasteiger partial charge < -0.3 is 4.90 Å². The summed E-state index contributed by atoms with van der Waals surface area (Å²) in [6.45, 7) is 7.91. The van der Waals surface area contributed by atoms with Crippen LogP contribution in [0.2, 0.25) is 0 Å². The fraction of sp³-hybridized carbons (Fsp3) is 0.632. The summed E-state index contributed by atoms with van der Waals surface area (Å²) in [7, 11) is 1.94. The summed E-state index contributed by atoms with van der Waals surface area (Å²) in [5, 5.41) is 5.57. The first-order chi connectivity index (χ1) is 11.5. The Bertz CT molecular complexity index is 732. The zero-order chi connectivity index (χ0) is 17.3. The maximum Gasteiger partial charge on any atom is 0.225 e. The van der Waals surface area contributed by atoms with Gasteiger partial charge in [0.1, 0.15) is 0 Å². The molecule has 1 aliphatic rings.